The molecule has 1 aliphatic rings. The average Bonchev–Trinajstić information content (AvgIpc) is 3.12. The van der Waals surface area contributed by atoms with Gasteiger partial charge >= 0.3 is 0 Å². The molecule has 0 saturated carbocycles. The second-order valence-electron chi connectivity index (χ2n) is 5.26. The van der Waals surface area contributed by atoms with Crippen LogP contribution < -0.4 is 5.32 Å². The highest BCUT2D eigenvalue weighted by atomic mass is 19.1. The molecule has 0 radical (unpaired) electrons. The third-order valence-electron chi connectivity index (χ3n) is 3.58. The Morgan fingerprint density at radius 3 is 2.70 bits per heavy atom. The number of nitrogens with one attached hydrogen (secondary N) is 1. The normalized spacial score (nSPS) is 16.7. The van der Waals surface area contributed by atoms with Crippen LogP contribution in [0.3, 0.4) is 0 Å². The minimum absolute atomic E-state index is 0.444. The van der Waals surface area contributed by atoms with Crippen LogP contribution in [0.1, 0.15) is 23.2 Å². The fourth-order valence-electron chi connectivity index (χ4n) is 2.66. The first-order chi connectivity index (χ1) is 11.1. The summed E-state index contributed by atoms with van der Waals surface area (Å²) < 4.78 is 34.2. The highest BCUT2D eigenvalue weighted by Gasteiger charge is 2.26. The van der Waals surface area contributed by atoms with Crippen LogP contribution in [0, 0.1) is 18.6 Å². The fourth-order valence-corrected chi connectivity index (χ4v) is 2.66. The van der Waals surface area contributed by atoms with Crippen molar-refractivity contribution in [3.05, 3.63) is 71.5 Å². The predicted octanol–water partition coefficient (Wildman–Crippen LogP) is 3.51. The monoisotopic (exact) mass is 314 g/mol. The van der Waals surface area contributed by atoms with Gasteiger partial charge < -0.3 is 9.73 Å². The SMILES string of the molecule is Cc1nc2n(n1)[C@H](c1cc(F)cc(F)c1)C=C(c1ccco1)N2. The molecule has 0 saturated heterocycles. The Hall–Kier alpha value is -2.96. The van der Waals surface area contributed by atoms with Crippen molar-refractivity contribution in [3.8, 4) is 0 Å². The molecule has 7 heteroatoms. The molecule has 0 aliphatic carbocycles. The molecule has 116 valence electrons. The van der Waals surface area contributed by atoms with E-state index in [4.69, 9.17) is 4.42 Å². The first kappa shape index (κ1) is 13.7. The Morgan fingerprint density at radius 1 is 1.22 bits per heavy atom. The second-order valence-corrected chi connectivity index (χ2v) is 5.26. The second kappa shape index (κ2) is 5.05. The number of nitrogens with zero attached hydrogens (tertiary/aromatic N) is 3. The molecule has 0 spiro atoms. The van der Waals surface area contributed by atoms with E-state index in [9.17, 15) is 8.78 Å². The van der Waals surface area contributed by atoms with Crippen LogP contribution in [0.4, 0.5) is 14.7 Å². The molecule has 1 N–H and O–H groups in total. The zero-order valence-electron chi connectivity index (χ0n) is 12.1. The molecule has 0 bridgehead atoms. The van der Waals surface area contributed by atoms with Crippen molar-refractivity contribution in [2.24, 2.45) is 0 Å². The van der Waals surface area contributed by atoms with Gasteiger partial charge in [0, 0.05) is 6.07 Å². The first-order valence-corrected chi connectivity index (χ1v) is 7.02. The molecule has 2 aromatic heterocycles. The quantitative estimate of drug-likeness (QED) is 0.786. The van der Waals surface area contributed by atoms with Crippen LogP contribution >= 0.6 is 0 Å². The van der Waals surface area contributed by atoms with Gasteiger partial charge in [0.2, 0.25) is 5.95 Å². The van der Waals surface area contributed by atoms with Crippen molar-refractivity contribution in [1.82, 2.24) is 14.8 Å². The molecular formula is C16H12F2N4O. The molecular weight excluding hydrogens is 302 g/mol. The summed E-state index contributed by atoms with van der Waals surface area (Å²) in [6, 6.07) is 6.49. The lowest BCUT2D eigenvalue weighted by Crippen LogP contribution is -2.20. The third-order valence-corrected chi connectivity index (χ3v) is 3.58. The van der Waals surface area contributed by atoms with Crippen molar-refractivity contribution in [3.63, 3.8) is 0 Å². The smallest absolute Gasteiger partial charge is 0.226 e. The standard InChI is InChI=1S/C16H12F2N4O/c1-9-19-16-20-13(15-3-2-4-23-15)8-14(22(16)21-9)10-5-11(17)7-12(18)6-10/h2-8,14H,1H3,(H,19,20,21)/t14-/m0/s1. The Kier molecular flexibility index (Phi) is 3.00. The number of allylic oxidation sites excluding steroid dienone is 1. The minimum Gasteiger partial charge on any atom is -0.463 e. The maximum absolute atomic E-state index is 13.6. The van der Waals surface area contributed by atoms with Crippen LogP contribution in [-0.2, 0) is 0 Å². The number of aromatic nitrogens is 3. The summed E-state index contributed by atoms with van der Waals surface area (Å²) in [6.07, 6.45) is 3.35. The predicted molar refractivity (Wildman–Crippen MR) is 79.6 cm³/mol. The van der Waals surface area contributed by atoms with Crippen molar-refractivity contribution in [2.75, 3.05) is 5.32 Å². The van der Waals surface area contributed by atoms with Crippen LogP contribution in [0.2, 0.25) is 0 Å². The molecule has 1 aromatic carbocycles. The number of benzene rings is 1. The summed E-state index contributed by atoms with van der Waals surface area (Å²) in [5.74, 6) is 0.392. The molecule has 4 rings (SSSR count). The summed E-state index contributed by atoms with van der Waals surface area (Å²) >= 11 is 0. The number of anilines is 1. The molecule has 1 aliphatic heterocycles. The van der Waals surface area contributed by atoms with Gasteiger partial charge in [-0.15, -0.1) is 0 Å². The Balaban J connectivity index is 1.87. The molecule has 3 heterocycles. The van der Waals surface area contributed by atoms with Gasteiger partial charge in [0.1, 0.15) is 29.3 Å². The summed E-state index contributed by atoms with van der Waals surface area (Å²) in [7, 11) is 0. The average molecular weight is 314 g/mol. The summed E-state index contributed by atoms with van der Waals surface area (Å²) in [5.41, 5.74) is 1.11. The van der Waals surface area contributed by atoms with Gasteiger partial charge in [0.25, 0.3) is 0 Å². The molecule has 0 fully saturated rings. The number of fused-ring (bicyclic) bond motifs is 1. The van der Waals surface area contributed by atoms with Crippen molar-refractivity contribution in [1.29, 1.82) is 0 Å². The lowest BCUT2D eigenvalue weighted by molar-refractivity contribution is 0.544. The highest BCUT2D eigenvalue weighted by Crippen LogP contribution is 2.33. The van der Waals surface area contributed by atoms with Crippen molar-refractivity contribution in [2.45, 2.75) is 13.0 Å². The highest BCUT2D eigenvalue weighted by molar-refractivity contribution is 5.74. The molecule has 23 heavy (non-hydrogen) atoms. The molecule has 1 atom stereocenters. The fraction of sp³-hybridized carbons (Fsp3) is 0.125. The largest absolute Gasteiger partial charge is 0.463 e. The van der Waals surface area contributed by atoms with Gasteiger partial charge in [0.15, 0.2) is 0 Å². The first-order valence-electron chi connectivity index (χ1n) is 7.02. The van der Waals surface area contributed by atoms with E-state index in [1.165, 1.54) is 12.1 Å². The number of furan rings is 1. The lowest BCUT2D eigenvalue weighted by Gasteiger charge is -2.23. The molecule has 0 unspecified atom stereocenters. The van der Waals surface area contributed by atoms with Crippen LogP contribution in [0.25, 0.3) is 5.70 Å². The molecule has 3 aromatic rings. The van der Waals surface area contributed by atoms with Crippen LogP contribution in [-0.4, -0.2) is 14.8 Å². The van der Waals surface area contributed by atoms with Crippen molar-refractivity contribution >= 4 is 11.6 Å². The van der Waals surface area contributed by atoms with Crippen LogP contribution in [0.5, 0.6) is 0 Å². The number of hydrogen-bond acceptors (Lipinski definition) is 4. The Labute approximate surface area is 130 Å². The number of rotatable bonds is 2. The van der Waals surface area contributed by atoms with Gasteiger partial charge in [0.05, 0.1) is 12.0 Å². The number of aryl methyl sites for hydroxylation is 1. The van der Waals surface area contributed by atoms with Crippen molar-refractivity contribution < 1.29 is 13.2 Å². The Bertz CT molecular complexity index is 879. The number of hydrogen-bond donors (Lipinski definition) is 1. The summed E-state index contributed by atoms with van der Waals surface area (Å²) in [5, 5.41) is 7.43. The Morgan fingerprint density at radius 2 is 2.00 bits per heavy atom. The van der Waals surface area contributed by atoms with E-state index in [0.717, 1.165) is 6.07 Å². The lowest BCUT2D eigenvalue weighted by atomic mass is 10.0. The van der Waals surface area contributed by atoms with E-state index in [0.29, 0.717) is 28.8 Å². The van der Waals surface area contributed by atoms with E-state index in [1.54, 1.807) is 36.1 Å². The number of halogens is 2. The minimum atomic E-state index is -0.634. The maximum Gasteiger partial charge on any atom is 0.226 e. The van der Waals surface area contributed by atoms with Gasteiger partial charge in [-0.25, -0.2) is 13.5 Å². The van der Waals surface area contributed by atoms with E-state index in [2.05, 4.69) is 15.4 Å². The molecule has 5 nitrogen and oxygen atoms in total. The van der Waals surface area contributed by atoms with Gasteiger partial charge in [-0.05, 0) is 42.8 Å². The summed E-state index contributed by atoms with van der Waals surface area (Å²) in [4.78, 5) is 4.30. The van der Waals surface area contributed by atoms with E-state index < -0.39 is 17.7 Å². The zero-order chi connectivity index (χ0) is 16.0. The zero-order valence-corrected chi connectivity index (χ0v) is 12.1. The van der Waals surface area contributed by atoms with E-state index in [-0.39, 0.29) is 0 Å². The van der Waals surface area contributed by atoms with E-state index >= 15 is 0 Å². The topological polar surface area (TPSA) is 55.9 Å². The van der Waals surface area contributed by atoms with Gasteiger partial charge in [-0.2, -0.15) is 10.1 Å². The maximum atomic E-state index is 13.6. The van der Waals surface area contributed by atoms with Gasteiger partial charge in [-0.3, -0.25) is 0 Å². The molecule has 0 amide bonds. The third kappa shape index (κ3) is 2.40. The van der Waals surface area contributed by atoms with Crippen LogP contribution in [0.15, 0.2) is 47.1 Å². The van der Waals surface area contributed by atoms with Gasteiger partial charge in [-0.1, -0.05) is 0 Å². The summed E-state index contributed by atoms with van der Waals surface area (Å²) in [6.45, 7) is 1.75. The van der Waals surface area contributed by atoms with E-state index in [1.807, 2.05) is 0 Å².